The number of carboxylic acids is 1. The molecular weight excluding hydrogens is 320 g/mol. The molecule has 3 rings (SSSR count). The number of carbonyl (C=O) groups is 1. The molecule has 124 valence electrons. The number of alkyl halides is 3. The highest BCUT2D eigenvalue weighted by Crippen LogP contribution is 2.21. The van der Waals surface area contributed by atoms with Crippen LogP contribution in [0.4, 0.5) is 17.6 Å². The second-order valence-electron chi connectivity index (χ2n) is 4.83. The van der Waals surface area contributed by atoms with E-state index in [-0.39, 0.29) is 11.4 Å². The maximum atomic E-state index is 13.1. The first-order chi connectivity index (χ1) is 10.7. The molecule has 1 aromatic carbocycles. The number of aromatic nitrogens is 1. The highest BCUT2D eigenvalue weighted by molar-refractivity contribution is 5.85. The molecule has 1 aliphatic rings. The van der Waals surface area contributed by atoms with E-state index < -0.39 is 12.1 Å². The minimum atomic E-state index is -5.08. The molecule has 0 spiro atoms. The van der Waals surface area contributed by atoms with Crippen LogP contribution in [0.2, 0.25) is 0 Å². The number of halogens is 4. The summed E-state index contributed by atoms with van der Waals surface area (Å²) in [5.41, 5.74) is 1.86. The highest BCUT2D eigenvalue weighted by Gasteiger charge is 2.38. The van der Waals surface area contributed by atoms with Crippen molar-refractivity contribution in [2.45, 2.75) is 19.1 Å². The van der Waals surface area contributed by atoms with Crippen molar-refractivity contribution < 1.29 is 27.5 Å². The standard InChI is InChI=1S/C12H11FN2O.C2HF3O2/c13-7-1-2-8-9(5-7)12(16)15-11-3-4-14-6-10(8)11;3-2(4,5)1(6)7/h1-2,5,14H,3-4,6H2,(H,15,16);(H,6,7). The monoisotopic (exact) mass is 332 g/mol. The van der Waals surface area contributed by atoms with Gasteiger partial charge in [-0.1, -0.05) is 6.07 Å². The fourth-order valence-electron chi connectivity index (χ4n) is 2.25. The van der Waals surface area contributed by atoms with E-state index in [0.29, 0.717) is 5.39 Å². The van der Waals surface area contributed by atoms with Crippen LogP contribution in [-0.2, 0) is 17.8 Å². The van der Waals surface area contributed by atoms with Crippen molar-refractivity contribution in [3.8, 4) is 0 Å². The summed E-state index contributed by atoms with van der Waals surface area (Å²) in [6.45, 7) is 1.60. The summed E-state index contributed by atoms with van der Waals surface area (Å²) in [6, 6.07) is 4.38. The third-order valence-corrected chi connectivity index (χ3v) is 3.28. The smallest absolute Gasteiger partial charge is 0.475 e. The summed E-state index contributed by atoms with van der Waals surface area (Å²) >= 11 is 0. The number of nitrogens with one attached hydrogen (secondary N) is 2. The number of pyridine rings is 1. The van der Waals surface area contributed by atoms with Crippen LogP contribution in [0.15, 0.2) is 23.0 Å². The number of hydrogen-bond donors (Lipinski definition) is 3. The van der Waals surface area contributed by atoms with Crippen LogP contribution >= 0.6 is 0 Å². The van der Waals surface area contributed by atoms with Gasteiger partial charge in [0, 0.05) is 25.2 Å². The van der Waals surface area contributed by atoms with Gasteiger partial charge in [-0.25, -0.2) is 9.18 Å². The molecule has 5 nitrogen and oxygen atoms in total. The Bertz CT molecular complexity index is 799. The van der Waals surface area contributed by atoms with E-state index in [2.05, 4.69) is 10.3 Å². The van der Waals surface area contributed by atoms with E-state index in [0.717, 1.165) is 36.2 Å². The summed E-state index contributed by atoms with van der Waals surface area (Å²) in [6.07, 6.45) is -4.27. The fraction of sp³-hybridized carbons (Fsp3) is 0.286. The lowest BCUT2D eigenvalue weighted by Crippen LogP contribution is -2.27. The van der Waals surface area contributed by atoms with Gasteiger partial charge in [-0.15, -0.1) is 0 Å². The lowest BCUT2D eigenvalue weighted by Gasteiger charge is -2.18. The Hall–Kier alpha value is -2.42. The van der Waals surface area contributed by atoms with Crippen molar-refractivity contribution >= 4 is 16.7 Å². The fourth-order valence-corrected chi connectivity index (χ4v) is 2.25. The predicted molar refractivity (Wildman–Crippen MR) is 73.6 cm³/mol. The molecule has 0 fully saturated rings. The van der Waals surface area contributed by atoms with E-state index >= 15 is 0 Å². The molecule has 0 saturated carbocycles. The molecule has 1 aliphatic heterocycles. The molecule has 0 unspecified atom stereocenters. The lowest BCUT2D eigenvalue weighted by atomic mass is 10.00. The maximum absolute atomic E-state index is 13.1. The number of H-pyrrole nitrogens is 1. The molecule has 1 aromatic heterocycles. The Morgan fingerprint density at radius 1 is 1.22 bits per heavy atom. The molecule has 9 heteroatoms. The second-order valence-corrected chi connectivity index (χ2v) is 4.83. The first kappa shape index (κ1) is 16.9. The predicted octanol–water partition coefficient (Wildman–Crippen LogP) is 1.95. The minimum Gasteiger partial charge on any atom is -0.475 e. The first-order valence-corrected chi connectivity index (χ1v) is 6.54. The van der Waals surface area contributed by atoms with Gasteiger partial charge in [0.05, 0.1) is 5.39 Å². The number of benzene rings is 1. The van der Waals surface area contributed by atoms with Crippen molar-refractivity contribution in [1.29, 1.82) is 0 Å². The van der Waals surface area contributed by atoms with Crippen molar-refractivity contribution in [2.75, 3.05) is 6.54 Å². The lowest BCUT2D eigenvalue weighted by molar-refractivity contribution is -0.192. The zero-order chi connectivity index (χ0) is 17.2. The van der Waals surface area contributed by atoms with Gasteiger partial charge in [0.25, 0.3) is 5.56 Å². The second kappa shape index (κ2) is 6.37. The van der Waals surface area contributed by atoms with E-state index in [4.69, 9.17) is 9.90 Å². The van der Waals surface area contributed by atoms with E-state index in [1.807, 2.05) is 0 Å². The van der Waals surface area contributed by atoms with Crippen LogP contribution in [0.5, 0.6) is 0 Å². The Morgan fingerprint density at radius 2 is 1.87 bits per heavy atom. The van der Waals surface area contributed by atoms with E-state index in [9.17, 15) is 22.4 Å². The van der Waals surface area contributed by atoms with E-state index in [1.165, 1.54) is 12.1 Å². The first-order valence-electron chi connectivity index (χ1n) is 6.54. The molecular formula is C14H12F4N2O3. The summed E-state index contributed by atoms with van der Waals surface area (Å²) < 4.78 is 44.8. The zero-order valence-electron chi connectivity index (χ0n) is 11.6. The number of hydrogen-bond acceptors (Lipinski definition) is 3. The number of aromatic amines is 1. The van der Waals surface area contributed by atoms with Gasteiger partial charge in [0.2, 0.25) is 0 Å². The van der Waals surface area contributed by atoms with Crippen molar-refractivity contribution in [1.82, 2.24) is 10.3 Å². The van der Waals surface area contributed by atoms with Crippen LogP contribution in [0.1, 0.15) is 11.3 Å². The summed E-state index contributed by atoms with van der Waals surface area (Å²) in [5.74, 6) is -3.13. The van der Waals surface area contributed by atoms with Crippen LogP contribution in [-0.4, -0.2) is 28.8 Å². The van der Waals surface area contributed by atoms with E-state index in [1.54, 1.807) is 6.07 Å². The van der Waals surface area contributed by atoms with Crippen molar-refractivity contribution in [2.24, 2.45) is 0 Å². The summed E-state index contributed by atoms with van der Waals surface area (Å²) in [5, 5.41) is 11.7. The molecule has 2 heterocycles. The van der Waals surface area contributed by atoms with Gasteiger partial charge < -0.3 is 15.4 Å². The zero-order valence-corrected chi connectivity index (χ0v) is 11.6. The Balaban J connectivity index is 0.000000236. The Labute approximate surface area is 126 Å². The van der Waals surface area contributed by atoms with Crippen molar-refractivity contribution in [3.63, 3.8) is 0 Å². The average Bonchev–Trinajstić information content (AvgIpc) is 2.47. The molecule has 2 aromatic rings. The summed E-state index contributed by atoms with van der Waals surface area (Å²) in [7, 11) is 0. The van der Waals surface area contributed by atoms with Crippen LogP contribution in [0, 0.1) is 5.82 Å². The van der Waals surface area contributed by atoms with Gasteiger partial charge >= 0.3 is 12.1 Å². The average molecular weight is 332 g/mol. The van der Waals surface area contributed by atoms with Crippen molar-refractivity contribution in [3.05, 3.63) is 45.6 Å². The van der Waals surface area contributed by atoms with Crippen LogP contribution in [0.25, 0.3) is 10.8 Å². The molecule has 0 saturated heterocycles. The Morgan fingerprint density at radius 3 is 2.48 bits per heavy atom. The number of aliphatic carboxylic acids is 1. The third kappa shape index (κ3) is 3.86. The van der Waals surface area contributed by atoms with Gasteiger partial charge in [-0.3, -0.25) is 4.79 Å². The quantitative estimate of drug-likeness (QED) is 0.644. The topological polar surface area (TPSA) is 82.2 Å². The van der Waals surface area contributed by atoms with Gasteiger partial charge in [0.1, 0.15) is 5.82 Å². The number of rotatable bonds is 0. The SMILES string of the molecule is O=C(O)C(F)(F)F.O=c1[nH]c2c(c3ccc(F)cc13)CNCC2. The van der Waals surface area contributed by atoms with Crippen LogP contribution in [0.3, 0.4) is 0 Å². The molecule has 0 amide bonds. The normalized spacial score (nSPS) is 13.9. The molecule has 3 N–H and O–H groups in total. The minimum absolute atomic E-state index is 0.199. The largest absolute Gasteiger partial charge is 0.490 e. The number of fused-ring (bicyclic) bond motifs is 3. The molecule has 0 aliphatic carbocycles. The number of carboxylic acid groups (broad SMARTS) is 1. The molecule has 0 atom stereocenters. The summed E-state index contributed by atoms with van der Waals surface area (Å²) in [4.78, 5) is 23.5. The third-order valence-electron chi connectivity index (χ3n) is 3.28. The van der Waals surface area contributed by atoms with Gasteiger partial charge in [-0.05, 0) is 23.1 Å². The Kier molecular flexibility index (Phi) is 4.69. The molecule has 0 bridgehead atoms. The van der Waals surface area contributed by atoms with Gasteiger partial charge in [0.15, 0.2) is 0 Å². The maximum Gasteiger partial charge on any atom is 0.490 e. The molecule has 23 heavy (non-hydrogen) atoms. The van der Waals surface area contributed by atoms with Crippen LogP contribution < -0.4 is 10.9 Å². The van der Waals surface area contributed by atoms with Gasteiger partial charge in [-0.2, -0.15) is 13.2 Å². The highest BCUT2D eigenvalue weighted by atomic mass is 19.4. The molecule has 0 radical (unpaired) electrons.